The fourth-order valence-corrected chi connectivity index (χ4v) is 9.12. The van der Waals surface area contributed by atoms with Crippen LogP contribution in [0.3, 0.4) is 0 Å². The zero-order chi connectivity index (χ0) is 27.5. The Kier molecular flexibility index (Phi) is 18.0. The van der Waals surface area contributed by atoms with Gasteiger partial charge in [0.1, 0.15) is 0 Å². The van der Waals surface area contributed by atoms with E-state index >= 15 is 0 Å². The lowest BCUT2D eigenvalue weighted by Gasteiger charge is -2.40. The zero-order valence-corrected chi connectivity index (χ0v) is 26.3. The van der Waals surface area contributed by atoms with Crippen LogP contribution in [0.2, 0.25) is 6.04 Å². The Bertz CT molecular complexity index is 636. The second kappa shape index (κ2) is 19.4. The highest BCUT2D eigenvalue weighted by Gasteiger charge is 2.43. The van der Waals surface area contributed by atoms with Crippen LogP contribution < -0.4 is 5.19 Å². The first-order valence-corrected chi connectivity index (χ1v) is 17.6. The van der Waals surface area contributed by atoms with Crippen LogP contribution in [0.15, 0.2) is 30.3 Å². The lowest BCUT2D eigenvalue weighted by Crippen LogP contribution is -2.56. The van der Waals surface area contributed by atoms with E-state index in [-0.39, 0.29) is 5.41 Å². The van der Waals surface area contributed by atoms with Gasteiger partial charge in [0.15, 0.2) is 0 Å². The van der Waals surface area contributed by atoms with Crippen molar-refractivity contribution in [2.24, 2.45) is 5.41 Å². The van der Waals surface area contributed by atoms with Gasteiger partial charge in [-0.05, 0) is 54.4 Å². The molecule has 1 saturated heterocycles. The highest BCUT2D eigenvalue weighted by Crippen LogP contribution is 2.31. The third-order valence-electron chi connectivity index (χ3n) is 5.97. The zero-order valence-electron chi connectivity index (χ0n) is 24.3. The Morgan fingerprint density at radius 1 is 0.703 bits per heavy atom. The second-order valence-corrected chi connectivity index (χ2v) is 14.0. The minimum Gasteiger partial charge on any atom is -0.381 e. The molecule has 0 amide bonds. The monoisotopic (exact) mass is 560 g/mol. The molecular weight excluding hydrogens is 508 g/mol. The number of hydrogen-bond acceptors (Lipinski definition) is 8. The predicted molar refractivity (Wildman–Crippen MR) is 151 cm³/mol. The van der Waals surface area contributed by atoms with E-state index in [0.29, 0.717) is 39.6 Å². The van der Waals surface area contributed by atoms with Gasteiger partial charge in [0.05, 0.1) is 19.8 Å². The molecule has 0 aliphatic carbocycles. The molecule has 37 heavy (non-hydrogen) atoms. The van der Waals surface area contributed by atoms with Crippen molar-refractivity contribution >= 4 is 22.8 Å². The van der Waals surface area contributed by atoms with E-state index in [1.165, 1.54) is 0 Å². The maximum absolute atomic E-state index is 5.84. The van der Waals surface area contributed by atoms with Crippen molar-refractivity contribution < 1.29 is 36.0 Å². The molecule has 0 bridgehead atoms. The highest BCUT2D eigenvalue weighted by molar-refractivity contribution is 6.75. The summed E-state index contributed by atoms with van der Waals surface area (Å²) in [6.07, 6.45) is 2.02. The van der Waals surface area contributed by atoms with Crippen molar-refractivity contribution in [1.82, 2.24) is 0 Å². The molecule has 0 N–H and O–H groups in total. The van der Waals surface area contributed by atoms with Gasteiger partial charge in [0.2, 0.25) is 0 Å². The quantitative estimate of drug-likeness (QED) is 0.166. The van der Waals surface area contributed by atoms with Gasteiger partial charge < -0.3 is 36.0 Å². The van der Waals surface area contributed by atoms with Crippen LogP contribution in [-0.2, 0) is 36.0 Å². The normalized spacial score (nSPS) is 15.1. The average Bonchev–Trinajstić information content (AvgIpc) is 2.87. The molecular formula is C27H52O8Si2. The minimum absolute atomic E-state index is 0.258. The van der Waals surface area contributed by atoms with Gasteiger partial charge in [0, 0.05) is 62.9 Å². The van der Waals surface area contributed by atoms with Crippen molar-refractivity contribution in [1.29, 1.82) is 0 Å². The van der Waals surface area contributed by atoms with Crippen LogP contribution in [0.4, 0.5) is 0 Å². The third-order valence-corrected chi connectivity index (χ3v) is 12.2. The summed E-state index contributed by atoms with van der Waals surface area (Å²) < 4.78 is 46.0. The van der Waals surface area contributed by atoms with E-state index in [4.69, 9.17) is 36.0 Å². The Morgan fingerprint density at radius 3 is 1.57 bits per heavy atom. The van der Waals surface area contributed by atoms with Crippen molar-refractivity contribution in [2.45, 2.75) is 67.4 Å². The summed E-state index contributed by atoms with van der Waals surface area (Å²) in [5.74, 6) is 0. The topological polar surface area (TPSA) is 73.8 Å². The summed E-state index contributed by atoms with van der Waals surface area (Å²) in [4.78, 5) is 0. The number of rotatable bonds is 20. The first-order chi connectivity index (χ1) is 17.9. The van der Waals surface area contributed by atoms with Crippen LogP contribution in [0.5, 0.6) is 0 Å². The summed E-state index contributed by atoms with van der Waals surface area (Å²) in [7, 11) is -5.17. The maximum atomic E-state index is 5.84. The predicted octanol–water partition coefficient (Wildman–Crippen LogP) is 4.81. The molecule has 0 atom stereocenters. The van der Waals surface area contributed by atoms with Gasteiger partial charge in [-0.15, -0.1) is 0 Å². The Balaban J connectivity index is 0.000000384. The lowest BCUT2D eigenvalue weighted by atomic mass is 9.84. The SMILES string of the molecule is CCO[Si](CCCOCC1(CC)COC1)(OCC)OCC.CCO[Si](OCC)(OCC)c1ccccc1. The van der Waals surface area contributed by atoms with Gasteiger partial charge >= 0.3 is 17.6 Å². The molecule has 1 aliphatic rings. The second-order valence-electron chi connectivity index (χ2n) is 8.71. The highest BCUT2D eigenvalue weighted by atomic mass is 28.4. The fourth-order valence-electron chi connectivity index (χ4n) is 4.05. The van der Waals surface area contributed by atoms with Crippen molar-refractivity contribution in [3.63, 3.8) is 0 Å². The fraction of sp³-hybridized carbons (Fsp3) is 0.778. The molecule has 1 aliphatic heterocycles. The van der Waals surface area contributed by atoms with E-state index in [1.807, 2.05) is 71.9 Å². The summed E-state index contributed by atoms with van der Waals surface area (Å²) in [5.41, 5.74) is 0.258. The Hall–Kier alpha value is -0.666. The molecule has 1 fully saturated rings. The molecule has 0 unspecified atom stereocenters. The lowest BCUT2D eigenvalue weighted by molar-refractivity contribution is -0.150. The van der Waals surface area contributed by atoms with Gasteiger partial charge in [0.25, 0.3) is 0 Å². The Morgan fingerprint density at radius 2 is 1.19 bits per heavy atom. The van der Waals surface area contributed by atoms with E-state index in [9.17, 15) is 0 Å². The smallest absolute Gasteiger partial charge is 0.381 e. The van der Waals surface area contributed by atoms with Crippen molar-refractivity contribution in [3.8, 4) is 0 Å². The van der Waals surface area contributed by atoms with E-state index in [0.717, 1.165) is 50.5 Å². The number of hydrogen-bond donors (Lipinski definition) is 0. The van der Waals surface area contributed by atoms with Crippen LogP contribution in [0.25, 0.3) is 0 Å². The standard InChI is InChI=1S/C15H32O5Si.C12H20O3Si/c1-5-15(13-17-14-15)12-16-10-9-11-21(18-6-2,19-7-3)20-8-4;1-4-13-16(14-5-2,15-6-3)12-10-8-7-9-11-12/h5-14H2,1-4H3;7-11H,4-6H2,1-3H3. The van der Waals surface area contributed by atoms with Gasteiger partial charge in [-0.2, -0.15) is 0 Å². The molecule has 1 aromatic carbocycles. The van der Waals surface area contributed by atoms with Crippen molar-refractivity contribution in [2.75, 3.05) is 66.1 Å². The van der Waals surface area contributed by atoms with Gasteiger partial charge in [-0.1, -0.05) is 37.3 Å². The minimum atomic E-state index is -2.67. The molecule has 0 spiro atoms. The summed E-state index contributed by atoms with van der Waals surface area (Å²) >= 11 is 0. The van der Waals surface area contributed by atoms with E-state index < -0.39 is 17.6 Å². The average molecular weight is 561 g/mol. The largest absolute Gasteiger partial charge is 0.537 e. The molecule has 0 saturated carbocycles. The van der Waals surface area contributed by atoms with Crippen LogP contribution in [0.1, 0.15) is 61.3 Å². The molecule has 2 rings (SSSR count). The van der Waals surface area contributed by atoms with Crippen LogP contribution >= 0.6 is 0 Å². The van der Waals surface area contributed by atoms with Gasteiger partial charge in [-0.25, -0.2) is 0 Å². The van der Waals surface area contributed by atoms with E-state index in [1.54, 1.807) is 0 Å². The first kappa shape index (κ1) is 34.4. The van der Waals surface area contributed by atoms with Gasteiger partial charge in [-0.3, -0.25) is 0 Å². The molecule has 0 radical (unpaired) electrons. The summed E-state index contributed by atoms with van der Waals surface area (Å²) in [6.45, 7) is 20.9. The molecule has 1 heterocycles. The maximum Gasteiger partial charge on any atom is 0.537 e. The number of benzene rings is 1. The van der Waals surface area contributed by atoms with Crippen molar-refractivity contribution in [3.05, 3.63) is 30.3 Å². The molecule has 8 nitrogen and oxygen atoms in total. The third kappa shape index (κ3) is 11.5. The van der Waals surface area contributed by atoms with E-state index in [2.05, 4.69) is 6.92 Å². The first-order valence-electron chi connectivity index (χ1n) is 14.0. The number of ether oxygens (including phenoxy) is 2. The summed E-state index contributed by atoms with van der Waals surface area (Å²) in [5, 5.41) is 1.03. The molecule has 10 heteroatoms. The summed E-state index contributed by atoms with van der Waals surface area (Å²) in [6, 6.07) is 10.8. The molecule has 1 aromatic rings. The molecule has 0 aromatic heterocycles. The molecule has 216 valence electrons. The Labute approximate surface area is 228 Å². The van der Waals surface area contributed by atoms with Crippen LogP contribution in [-0.4, -0.2) is 83.7 Å². The van der Waals surface area contributed by atoms with Crippen LogP contribution in [0, 0.1) is 5.41 Å².